The third-order valence-electron chi connectivity index (χ3n) is 8.33. The minimum Gasteiger partial charge on any atom is -0.482 e. The van der Waals surface area contributed by atoms with Gasteiger partial charge in [0.05, 0.1) is 0 Å². The summed E-state index contributed by atoms with van der Waals surface area (Å²) in [7, 11) is 0. The van der Waals surface area contributed by atoms with Crippen LogP contribution >= 0.6 is 0 Å². The number of aromatic nitrogens is 2. The van der Waals surface area contributed by atoms with Crippen LogP contribution in [0.5, 0.6) is 11.5 Å². The number of nitrogens with zero attached hydrogens (tertiary/aromatic N) is 3. The van der Waals surface area contributed by atoms with Crippen LogP contribution in [0.25, 0.3) is 0 Å². The average Bonchev–Trinajstić information content (AvgIpc) is 3.19. The van der Waals surface area contributed by atoms with Crippen LogP contribution < -0.4 is 36.9 Å². The summed E-state index contributed by atoms with van der Waals surface area (Å²) in [4.78, 5) is 51.7. The Balaban J connectivity index is 0.000000187. The van der Waals surface area contributed by atoms with Gasteiger partial charge in [-0.15, -0.1) is 0 Å². The van der Waals surface area contributed by atoms with Crippen LogP contribution in [0.15, 0.2) is 143 Å². The number of nitrogens with two attached hydrogens (primary N) is 1. The van der Waals surface area contributed by atoms with Crippen molar-refractivity contribution in [1.29, 1.82) is 0 Å². The molecule has 280 valence electrons. The van der Waals surface area contributed by atoms with Gasteiger partial charge in [-0.3, -0.25) is 28.5 Å². The summed E-state index contributed by atoms with van der Waals surface area (Å²) in [6.07, 6.45) is 2.79. The number of ether oxygens (including phenoxy) is 2. The minimum absolute atomic E-state index is 0.00667. The van der Waals surface area contributed by atoms with E-state index in [-0.39, 0.29) is 73.0 Å². The van der Waals surface area contributed by atoms with E-state index in [0.717, 1.165) is 15.8 Å². The zero-order chi connectivity index (χ0) is 38.7. The van der Waals surface area contributed by atoms with Gasteiger partial charge in [0.25, 0.3) is 11.8 Å². The number of pyridine rings is 2. The van der Waals surface area contributed by atoms with Crippen molar-refractivity contribution in [1.82, 2.24) is 19.6 Å². The predicted octanol–water partition coefficient (Wildman–Crippen LogP) is 4.93. The maximum atomic E-state index is 13.5. The zero-order valence-corrected chi connectivity index (χ0v) is 29.4. The molecule has 55 heavy (non-hydrogen) atoms. The van der Waals surface area contributed by atoms with Gasteiger partial charge in [-0.25, -0.2) is 8.78 Å². The highest BCUT2D eigenvalue weighted by Crippen LogP contribution is 2.21. The molecule has 0 saturated heterocycles. The van der Waals surface area contributed by atoms with Gasteiger partial charge in [-0.05, 0) is 46.5 Å². The van der Waals surface area contributed by atoms with E-state index in [9.17, 15) is 28.0 Å². The van der Waals surface area contributed by atoms with Crippen LogP contribution in [-0.2, 0) is 26.3 Å². The van der Waals surface area contributed by atoms with Crippen molar-refractivity contribution in [3.63, 3.8) is 0 Å². The molecule has 2 amide bonds. The molecule has 7 rings (SSSR count). The maximum absolute atomic E-state index is 13.5. The molecule has 0 fully saturated rings. The maximum Gasteiger partial charge on any atom is 0.278 e. The van der Waals surface area contributed by atoms with E-state index in [4.69, 9.17) is 15.3 Å². The van der Waals surface area contributed by atoms with E-state index in [1.165, 1.54) is 58.4 Å². The molecule has 1 aliphatic rings. The summed E-state index contributed by atoms with van der Waals surface area (Å²) in [6.45, 7) is 0.806. The Morgan fingerprint density at radius 3 is 1.87 bits per heavy atom. The van der Waals surface area contributed by atoms with Crippen LogP contribution in [0.2, 0.25) is 0 Å². The molecule has 0 radical (unpaired) electrons. The molecule has 12 nitrogen and oxygen atoms in total. The number of rotatable bonds is 11. The highest BCUT2D eigenvalue weighted by Gasteiger charge is 2.29. The number of carbonyl (C=O) groups is 2. The Bertz CT molecular complexity index is 2410. The normalized spacial score (nSPS) is 11.7. The van der Waals surface area contributed by atoms with E-state index in [1.54, 1.807) is 24.3 Å². The largest absolute Gasteiger partial charge is 0.482 e. The Hall–Kier alpha value is -7.22. The molecule has 4 aromatic carbocycles. The van der Waals surface area contributed by atoms with E-state index >= 15 is 0 Å². The predicted molar refractivity (Wildman–Crippen MR) is 201 cm³/mol. The topological polar surface area (TPSA) is 150 Å². The van der Waals surface area contributed by atoms with Crippen LogP contribution in [0.1, 0.15) is 43.2 Å². The number of nitrogens with one attached hydrogen (secondary N) is 2. The van der Waals surface area contributed by atoms with Crippen molar-refractivity contribution in [2.75, 3.05) is 17.9 Å². The third kappa shape index (κ3) is 9.61. The van der Waals surface area contributed by atoms with E-state index < -0.39 is 17.2 Å². The molecule has 2 aromatic heterocycles. The molecular weight excluding hydrogens is 710 g/mol. The summed E-state index contributed by atoms with van der Waals surface area (Å²) >= 11 is 0. The van der Waals surface area contributed by atoms with Crippen LogP contribution in [0.3, 0.4) is 0 Å². The molecule has 0 spiro atoms. The Kier molecular flexibility index (Phi) is 12.0. The van der Waals surface area contributed by atoms with Crippen LogP contribution in [-0.4, -0.2) is 32.7 Å². The fraction of sp³-hybridized carbons (Fsp3) is 0.122. The first-order chi connectivity index (χ1) is 26.7. The van der Waals surface area contributed by atoms with Gasteiger partial charge in [0, 0.05) is 37.6 Å². The number of hydrogen-bond donors (Lipinski definition) is 3. The van der Waals surface area contributed by atoms with Gasteiger partial charge >= 0.3 is 0 Å². The Labute approximate surface area is 313 Å². The van der Waals surface area contributed by atoms with E-state index in [1.807, 2.05) is 60.7 Å². The van der Waals surface area contributed by atoms with Gasteiger partial charge in [-0.2, -0.15) is 0 Å². The number of halogens is 2. The second kappa shape index (κ2) is 17.5. The quantitative estimate of drug-likeness (QED) is 0.158. The fourth-order valence-electron chi connectivity index (χ4n) is 5.62. The molecule has 6 aromatic rings. The van der Waals surface area contributed by atoms with Crippen molar-refractivity contribution < 1.29 is 27.8 Å². The monoisotopic (exact) mass is 746 g/mol. The van der Waals surface area contributed by atoms with Gasteiger partial charge in [0.2, 0.25) is 10.9 Å². The smallest absolute Gasteiger partial charge is 0.278 e. The lowest BCUT2D eigenvalue weighted by atomic mass is 10.2. The lowest BCUT2D eigenvalue weighted by Crippen LogP contribution is -2.46. The summed E-state index contributed by atoms with van der Waals surface area (Å²) in [6, 6.07) is 33.1. The summed E-state index contributed by atoms with van der Waals surface area (Å²) in [5.74, 6) is 3.97. The first-order valence-corrected chi connectivity index (χ1v) is 17.1. The van der Waals surface area contributed by atoms with Crippen molar-refractivity contribution in [3.05, 3.63) is 199 Å². The highest BCUT2D eigenvalue weighted by atomic mass is 19.1. The molecule has 0 bridgehead atoms. The first-order valence-electron chi connectivity index (χ1n) is 17.1. The van der Waals surface area contributed by atoms with Crippen molar-refractivity contribution in [2.45, 2.75) is 26.3 Å². The molecule has 3 heterocycles. The van der Waals surface area contributed by atoms with Gasteiger partial charge in [0.1, 0.15) is 31.5 Å². The number of amides is 2. The lowest BCUT2D eigenvalue weighted by Gasteiger charge is -2.31. The molecule has 0 atom stereocenters. The average molecular weight is 747 g/mol. The third-order valence-corrected chi connectivity index (χ3v) is 8.33. The Morgan fingerprint density at radius 2 is 1.24 bits per heavy atom. The number of carbonyl (C=O) groups excluding carboxylic acids is 2. The number of benzene rings is 4. The van der Waals surface area contributed by atoms with E-state index in [0.29, 0.717) is 11.1 Å². The van der Waals surface area contributed by atoms with Crippen molar-refractivity contribution in [3.8, 4) is 11.5 Å². The van der Waals surface area contributed by atoms with Crippen molar-refractivity contribution >= 4 is 11.8 Å². The number of nitrogen functional groups attached to an aromatic ring is 1. The second-order valence-corrected chi connectivity index (χ2v) is 12.3. The van der Waals surface area contributed by atoms with Gasteiger partial charge < -0.3 is 31.0 Å². The van der Waals surface area contributed by atoms with Gasteiger partial charge in [-0.1, -0.05) is 84.9 Å². The van der Waals surface area contributed by atoms with Gasteiger partial charge in [0.15, 0.2) is 22.9 Å². The van der Waals surface area contributed by atoms with E-state index in [2.05, 4.69) is 10.7 Å². The summed E-state index contributed by atoms with van der Waals surface area (Å²) in [5, 5.41) is 2.62. The molecule has 0 saturated carbocycles. The fourth-order valence-corrected chi connectivity index (χ4v) is 5.62. The minimum atomic E-state index is -0.595. The first kappa shape index (κ1) is 37.5. The van der Waals surface area contributed by atoms with Crippen LogP contribution in [0.4, 0.5) is 8.78 Å². The highest BCUT2D eigenvalue weighted by molar-refractivity contribution is 5.96. The standard InChI is InChI=1S/C21H18FN3O3.C20H18FN3O3/c22-17-8-4-7-16(11-17)12-24-14-23-25-10-9-18(26)20(19(25)21(24)27)28-13-15-5-2-1-3-6-15;21-16-8-4-7-15(11-16)12-23-20(26)18-19(17(25)9-10-24(18)22)27-13-14-5-2-1-3-6-14/h1-11,23H,12-14H2;1-11H,12-13,22H2,(H,23,26). The molecule has 0 unspecified atom stereocenters. The molecule has 4 N–H and O–H groups in total. The summed E-state index contributed by atoms with van der Waals surface area (Å²) < 4.78 is 40.6. The SMILES string of the molecule is Nn1ccc(=O)c(OCc2ccccc2)c1C(=O)NCc1cccc(F)c1.O=C1c2c(OCc3ccccc3)c(=O)ccn2NCN1Cc1cccc(F)c1. The molecule has 0 aliphatic carbocycles. The van der Waals surface area contributed by atoms with Crippen molar-refractivity contribution in [2.24, 2.45) is 0 Å². The number of hydrogen-bond acceptors (Lipinski definition) is 8. The van der Waals surface area contributed by atoms with Crippen LogP contribution in [0, 0.1) is 11.6 Å². The number of fused-ring (bicyclic) bond motifs is 1. The second-order valence-electron chi connectivity index (χ2n) is 12.3. The molecule has 1 aliphatic heterocycles. The lowest BCUT2D eigenvalue weighted by molar-refractivity contribution is 0.0706. The molecular formula is C41H36F2N6O6. The molecule has 14 heteroatoms. The summed E-state index contributed by atoms with van der Waals surface area (Å²) in [5.41, 5.74) is 5.23. The Morgan fingerprint density at radius 1 is 0.691 bits per heavy atom. The zero-order valence-electron chi connectivity index (χ0n) is 29.4.